The van der Waals surface area contributed by atoms with Crippen LogP contribution in [0.15, 0.2) is 0 Å². The van der Waals surface area contributed by atoms with Crippen molar-refractivity contribution in [2.24, 2.45) is 23.7 Å². The molecule has 2 saturated carbocycles. The average molecular weight is 238 g/mol. The molecule has 2 aliphatic heterocycles. The summed E-state index contributed by atoms with van der Waals surface area (Å²) < 4.78 is 6.45. The number of aliphatic hydroxyl groups excluding tert-OH is 1. The Morgan fingerprint density at radius 1 is 1.24 bits per heavy atom. The van der Waals surface area contributed by atoms with Crippen LogP contribution in [0.5, 0.6) is 0 Å². The molecule has 17 heavy (non-hydrogen) atoms. The van der Waals surface area contributed by atoms with Crippen LogP contribution in [0.3, 0.4) is 0 Å². The van der Waals surface area contributed by atoms with E-state index in [9.17, 15) is 5.11 Å². The molecule has 2 heterocycles. The minimum absolute atomic E-state index is 0.0277. The van der Waals surface area contributed by atoms with Gasteiger partial charge in [-0.2, -0.15) is 0 Å². The lowest BCUT2D eigenvalue weighted by molar-refractivity contribution is -0.221. The van der Waals surface area contributed by atoms with E-state index >= 15 is 0 Å². The first-order valence-corrected chi connectivity index (χ1v) is 7.29. The van der Waals surface area contributed by atoms with E-state index in [1.54, 1.807) is 0 Å². The lowest BCUT2D eigenvalue weighted by Gasteiger charge is -2.48. The number of fused-ring (bicyclic) bond motifs is 2. The summed E-state index contributed by atoms with van der Waals surface area (Å²) in [6.07, 6.45) is 6.42. The largest absolute Gasteiger partial charge is 0.393 e. The van der Waals surface area contributed by atoms with E-state index in [1.165, 1.54) is 32.1 Å². The van der Waals surface area contributed by atoms with Crippen molar-refractivity contribution >= 4 is 0 Å². The maximum atomic E-state index is 9.72. The third kappa shape index (κ3) is 1.60. The van der Waals surface area contributed by atoms with Crippen LogP contribution in [-0.2, 0) is 4.74 Å². The zero-order valence-electron chi connectivity index (χ0n) is 11.4. The molecule has 98 valence electrons. The van der Waals surface area contributed by atoms with E-state index < -0.39 is 0 Å². The summed E-state index contributed by atoms with van der Waals surface area (Å²) in [5.41, 5.74) is -0.253. The lowest BCUT2D eigenvalue weighted by atomic mass is 9.78. The topological polar surface area (TPSA) is 29.5 Å². The number of hydrogen-bond acceptors (Lipinski definition) is 2. The summed E-state index contributed by atoms with van der Waals surface area (Å²) in [7, 11) is 0. The maximum absolute atomic E-state index is 9.72. The van der Waals surface area contributed by atoms with Crippen molar-refractivity contribution in [3.05, 3.63) is 0 Å². The summed E-state index contributed by atoms with van der Waals surface area (Å²) in [4.78, 5) is 0. The van der Waals surface area contributed by atoms with Crippen LogP contribution in [0.4, 0.5) is 0 Å². The molecule has 2 bridgehead atoms. The molecule has 0 spiro atoms. The van der Waals surface area contributed by atoms with Crippen molar-refractivity contribution in [2.75, 3.05) is 6.61 Å². The average Bonchev–Trinajstić information content (AvgIpc) is 2.53. The standard InChI is InChI=1S/C15H26O2/c1-10-4-5-13-12(10)8-11-6-7-14(13,2)17-15(11,3)9-16/h10-13,16H,4-9H2,1-3H3/t10-,11-,12-,13-,14+,15?/m1/s1. The van der Waals surface area contributed by atoms with Crippen LogP contribution in [-0.4, -0.2) is 22.9 Å². The molecule has 2 heteroatoms. The fourth-order valence-electron chi connectivity index (χ4n) is 4.97. The Morgan fingerprint density at radius 2 is 2.00 bits per heavy atom. The summed E-state index contributed by atoms with van der Waals surface area (Å²) in [5.74, 6) is 2.98. The van der Waals surface area contributed by atoms with Gasteiger partial charge in [-0.05, 0) is 63.2 Å². The van der Waals surface area contributed by atoms with Gasteiger partial charge in [0.05, 0.1) is 17.8 Å². The van der Waals surface area contributed by atoms with Gasteiger partial charge in [0, 0.05) is 0 Å². The Hall–Kier alpha value is -0.0800. The summed E-state index contributed by atoms with van der Waals surface area (Å²) >= 11 is 0. The van der Waals surface area contributed by atoms with E-state index in [4.69, 9.17) is 4.74 Å². The molecular formula is C15H26O2. The quantitative estimate of drug-likeness (QED) is 0.761. The summed E-state index contributed by atoms with van der Waals surface area (Å²) in [5, 5.41) is 9.72. The highest BCUT2D eigenvalue weighted by atomic mass is 16.5. The van der Waals surface area contributed by atoms with Crippen LogP contribution >= 0.6 is 0 Å². The molecule has 1 N–H and O–H groups in total. The van der Waals surface area contributed by atoms with Crippen LogP contribution < -0.4 is 0 Å². The zero-order valence-corrected chi connectivity index (χ0v) is 11.4. The van der Waals surface area contributed by atoms with Crippen LogP contribution in [0, 0.1) is 23.7 Å². The molecule has 4 rings (SSSR count). The second-order valence-corrected chi connectivity index (χ2v) is 7.18. The van der Waals surface area contributed by atoms with Crippen LogP contribution in [0.2, 0.25) is 0 Å². The Labute approximate surface area is 105 Å². The predicted octanol–water partition coefficient (Wildman–Crippen LogP) is 2.99. The molecule has 0 aromatic carbocycles. The molecular weight excluding hydrogens is 212 g/mol. The number of ether oxygens (including phenoxy) is 1. The van der Waals surface area contributed by atoms with Crippen LogP contribution in [0.25, 0.3) is 0 Å². The maximum Gasteiger partial charge on any atom is 0.0919 e. The first-order valence-electron chi connectivity index (χ1n) is 7.29. The van der Waals surface area contributed by atoms with E-state index in [-0.39, 0.29) is 17.8 Å². The van der Waals surface area contributed by atoms with E-state index in [2.05, 4.69) is 20.8 Å². The minimum atomic E-state index is -0.281. The van der Waals surface area contributed by atoms with Gasteiger partial charge in [0.25, 0.3) is 0 Å². The summed E-state index contributed by atoms with van der Waals surface area (Å²) in [6, 6.07) is 0. The van der Waals surface area contributed by atoms with Gasteiger partial charge in [-0.15, -0.1) is 0 Å². The number of aliphatic hydroxyl groups is 1. The fraction of sp³-hybridized carbons (Fsp3) is 1.00. The third-order valence-electron chi connectivity index (χ3n) is 6.15. The Balaban J connectivity index is 1.97. The smallest absolute Gasteiger partial charge is 0.0919 e. The predicted molar refractivity (Wildman–Crippen MR) is 67.7 cm³/mol. The fourth-order valence-corrected chi connectivity index (χ4v) is 4.97. The monoisotopic (exact) mass is 238 g/mol. The molecule has 0 aromatic rings. The lowest BCUT2D eigenvalue weighted by Crippen LogP contribution is -2.53. The first kappa shape index (κ1) is 12.0. The molecule has 4 aliphatic rings. The van der Waals surface area contributed by atoms with E-state index in [1.807, 2.05) is 0 Å². The van der Waals surface area contributed by atoms with Crippen molar-refractivity contribution in [3.63, 3.8) is 0 Å². The first-order chi connectivity index (χ1) is 7.98. The number of rotatable bonds is 1. The van der Waals surface area contributed by atoms with Crippen LogP contribution in [0.1, 0.15) is 52.9 Å². The van der Waals surface area contributed by atoms with Crippen molar-refractivity contribution in [2.45, 2.75) is 64.1 Å². The van der Waals surface area contributed by atoms with Crippen molar-refractivity contribution in [1.82, 2.24) is 0 Å². The van der Waals surface area contributed by atoms with Gasteiger partial charge in [-0.25, -0.2) is 0 Å². The number of hydrogen-bond donors (Lipinski definition) is 1. The van der Waals surface area contributed by atoms with Gasteiger partial charge >= 0.3 is 0 Å². The highest BCUT2D eigenvalue weighted by molar-refractivity contribution is 5.06. The van der Waals surface area contributed by atoms with Gasteiger partial charge in [-0.1, -0.05) is 13.3 Å². The Bertz CT molecular complexity index is 316. The van der Waals surface area contributed by atoms with Crippen molar-refractivity contribution in [1.29, 1.82) is 0 Å². The second kappa shape index (κ2) is 3.71. The molecule has 4 fully saturated rings. The Kier molecular flexibility index (Phi) is 2.61. The molecule has 0 amide bonds. The molecule has 1 unspecified atom stereocenters. The van der Waals surface area contributed by atoms with E-state index in [0.29, 0.717) is 5.92 Å². The molecule has 0 radical (unpaired) electrons. The molecule has 2 nitrogen and oxygen atoms in total. The normalized spacial score (nSPS) is 57.9. The molecule has 2 saturated heterocycles. The highest BCUT2D eigenvalue weighted by Gasteiger charge is 2.57. The zero-order chi connectivity index (χ0) is 12.3. The van der Waals surface area contributed by atoms with Gasteiger partial charge in [0.2, 0.25) is 0 Å². The minimum Gasteiger partial charge on any atom is -0.393 e. The summed E-state index contributed by atoms with van der Waals surface area (Å²) in [6.45, 7) is 7.02. The molecule has 6 atom stereocenters. The molecule has 2 aliphatic carbocycles. The highest BCUT2D eigenvalue weighted by Crippen LogP contribution is 2.58. The molecule has 0 aromatic heterocycles. The second-order valence-electron chi connectivity index (χ2n) is 7.18. The van der Waals surface area contributed by atoms with Crippen molar-refractivity contribution < 1.29 is 9.84 Å². The van der Waals surface area contributed by atoms with Crippen molar-refractivity contribution in [3.8, 4) is 0 Å². The third-order valence-corrected chi connectivity index (χ3v) is 6.15. The van der Waals surface area contributed by atoms with Gasteiger partial charge < -0.3 is 9.84 Å². The van der Waals surface area contributed by atoms with Gasteiger partial charge in [0.1, 0.15) is 0 Å². The van der Waals surface area contributed by atoms with Gasteiger partial charge in [0.15, 0.2) is 0 Å². The SMILES string of the molecule is C[C@@H]1CC[C@@H]2[C@@H]1C[C@H]1CC[C@]2(C)OC1(C)CO. The van der Waals surface area contributed by atoms with E-state index in [0.717, 1.165) is 17.8 Å². The van der Waals surface area contributed by atoms with Gasteiger partial charge in [-0.3, -0.25) is 0 Å². The Morgan fingerprint density at radius 3 is 2.71 bits per heavy atom.